The summed E-state index contributed by atoms with van der Waals surface area (Å²) in [6, 6.07) is 9.17. The van der Waals surface area contributed by atoms with Crippen LogP contribution in [-0.4, -0.2) is 17.7 Å². The molecule has 3 atom stereocenters. The van der Waals surface area contributed by atoms with Gasteiger partial charge in [-0.05, 0) is 37.7 Å². The number of para-hydroxylation sites is 1. The number of hydrogen-bond acceptors (Lipinski definition) is 2. The highest BCUT2D eigenvalue weighted by Gasteiger charge is 2.36. The molecule has 1 aliphatic carbocycles. The minimum atomic E-state index is -0.321. The zero-order chi connectivity index (χ0) is 13.2. The zero-order valence-corrected chi connectivity index (χ0v) is 11.9. The van der Waals surface area contributed by atoms with Crippen molar-refractivity contribution >= 4 is 5.69 Å². The van der Waals surface area contributed by atoms with Crippen LogP contribution in [0.2, 0.25) is 0 Å². The lowest BCUT2D eigenvalue weighted by molar-refractivity contribution is 0.174. The number of aliphatic hydroxyl groups excluding tert-OH is 1. The second-order valence-electron chi connectivity index (χ2n) is 6.08. The Hall–Kier alpha value is -1.02. The molecule has 1 N–H and O–H groups in total. The van der Waals surface area contributed by atoms with Crippen LogP contribution in [0.1, 0.15) is 57.1 Å². The minimum absolute atomic E-state index is 0.321. The van der Waals surface area contributed by atoms with Crippen molar-refractivity contribution in [2.75, 3.05) is 11.4 Å². The first-order valence-electron chi connectivity index (χ1n) is 7.85. The topological polar surface area (TPSA) is 23.5 Å². The Labute approximate surface area is 116 Å². The normalized spacial score (nSPS) is 28.2. The van der Waals surface area contributed by atoms with E-state index in [2.05, 4.69) is 30.0 Å². The first-order valence-corrected chi connectivity index (χ1v) is 7.85. The van der Waals surface area contributed by atoms with E-state index in [1.54, 1.807) is 0 Å². The molecule has 19 heavy (non-hydrogen) atoms. The van der Waals surface area contributed by atoms with Crippen molar-refractivity contribution in [2.45, 2.75) is 57.6 Å². The van der Waals surface area contributed by atoms with Crippen LogP contribution in [0, 0.1) is 5.92 Å². The molecule has 0 aromatic heterocycles. The summed E-state index contributed by atoms with van der Waals surface area (Å²) < 4.78 is 0. The first-order chi connectivity index (χ1) is 9.31. The highest BCUT2D eigenvalue weighted by molar-refractivity contribution is 5.56. The molecule has 2 heteroatoms. The predicted octanol–water partition coefficient (Wildman–Crippen LogP) is 3.90. The van der Waals surface area contributed by atoms with Crippen LogP contribution in [0.15, 0.2) is 24.3 Å². The largest absolute Gasteiger partial charge is 0.388 e. The van der Waals surface area contributed by atoms with E-state index in [0.717, 1.165) is 23.9 Å². The third kappa shape index (κ3) is 2.38. The predicted molar refractivity (Wildman–Crippen MR) is 79.4 cm³/mol. The zero-order valence-electron chi connectivity index (χ0n) is 11.9. The first kappa shape index (κ1) is 13.0. The van der Waals surface area contributed by atoms with E-state index in [1.165, 1.54) is 44.3 Å². The van der Waals surface area contributed by atoms with E-state index in [9.17, 15) is 5.11 Å². The van der Waals surface area contributed by atoms with E-state index < -0.39 is 0 Å². The van der Waals surface area contributed by atoms with Crippen molar-refractivity contribution in [3.63, 3.8) is 0 Å². The van der Waals surface area contributed by atoms with Gasteiger partial charge >= 0.3 is 0 Å². The highest BCUT2D eigenvalue weighted by atomic mass is 16.3. The number of hydrogen-bond donors (Lipinski definition) is 1. The van der Waals surface area contributed by atoms with Crippen molar-refractivity contribution in [3.8, 4) is 0 Å². The average molecular weight is 259 g/mol. The number of aliphatic hydroxyl groups is 1. The molecular formula is C17H25NO. The Morgan fingerprint density at radius 1 is 1.21 bits per heavy atom. The van der Waals surface area contributed by atoms with Crippen LogP contribution in [0.25, 0.3) is 0 Å². The third-order valence-corrected chi connectivity index (χ3v) is 5.00. The lowest BCUT2D eigenvalue weighted by Gasteiger charge is -2.34. The molecule has 2 aliphatic rings. The number of rotatable bonds is 3. The van der Waals surface area contributed by atoms with Crippen LogP contribution in [0.5, 0.6) is 0 Å². The fourth-order valence-corrected chi connectivity index (χ4v) is 3.96. The van der Waals surface area contributed by atoms with Gasteiger partial charge in [-0.15, -0.1) is 0 Å². The molecule has 1 aromatic rings. The van der Waals surface area contributed by atoms with Gasteiger partial charge in [-0.3, -0.25) is 0 Å². The van der Waals surface area contributed by atoms with E-state index in [4.69, 9.17) is 0 Å². The van der Waals surface area contributed by atoms with Crippen molar-refractivity contribution in [3.05, 3.63) is 29.8 Å². The molecule has 3 rings (SSSR count). The van der Waals surface area contributed by atoms with E-state index in [1.807, 2.05) is 6.07 Å². The molecule has 2 fully saturated rings. The lowest BCUT2D eigenvalue weighted by Crippen LogP contribution is -2.35. The second-order valence-corrected chi connectivity index (χ2v) is 6.08. The molecule has 0 radical (unpaired) electrons. The Morgan fingerprint density at radius 3 is 2.84 bits per heavy atom. The third-order valence-electron chi connectivity index (χ3n) is 5.00. The van der Waals surface area contributed by atoms with Crippen LogP contribution in [0.4, 0.5) is 5.69 Å². The number of fused-ring (bicyclic) bond motifs is 1. The summed E-state index contributed by atoms with van der Waals surface area (Å²) in [7, 11) is 0. The Balaban J connectivity index is 1.89. The average Bonchev–Trinajstić information content (AvgIpc) is 2.90. The number of anilines is 1. The smallest absolute Gasteiger partial charge is 0.0807 e. The summed E-state index contributed by atoms with van der Waals surface area (Å²) in [5.41, 5.74) is 2.41. The van der Waals surface area contributed by atoms with Crippen LogP contribution < -0.4 is 4.90 Å². The van der Waals surface area contributed by atoms with Crippen molar-refractivity contribution in [2.24, 2.45) is 5.92 Å². The maximum Gasteiger partial charge on any atom is 0.0807 e. The summed E-state index contributed by atoms with van der Waals surface area (Å²) >= 11 is 0. The maximum atomic E-state index is 10.2. The van der Waals surface area contributed by atoms with Crippen molar-refractivity contribution < 1.29 is 5.11 Å². The van der Waals surface area contributed by atoms with E-state index in [-0.39, 0.29) is 6.10 Å². The van der Waals surface area contributed by atoms with Gasteiger partial charge in [-0.2, -0.15) is 0 Å². The van der Waals surface area contributed by atoms with Gasteiger partial charge in [0.2, 0.25) is 0 Å². The van der Waals surface area contributed by atoms with Crippen LogP contribution in [-0.2, 0) is 0 Å². The second kappa shape index (κ2) is 5.54. The highest BCUT2D eigenvalue weighted by Crippen LogP contribution is 2.41. The summed E-state index contributed by atoms with van der Waals surface area (Å²) in [5, 5.41) is 10.2. The van der Waals surface area contributed by atoms with Gasteiger partial charge in [0, 0.05) is 23.8 Å². The van der Waals surface area contributed by atoms with Crippen LogP contribution in [0.3, 0.4) is 0 Å². The fraction of sp³-hybridized carbons (Fsp3) is 0.647. The van der Waals surface area contributed by atoms with Gasteiger partial charge in [-0.25, -0.2) is 0 Å². The Kier molecular flexibility index (Phi) is 3.79. The summed E-state index contributed by atoms with van der Waals surface area (Å²) in [6.45, 7) is 3.22. The fourth-order valence-electron chi connectivity index (χ4n) is 3.96. The minimum Gasteiger partial charge on any atom is -0.388 e. The van der Waals surface area contributed by atoms with Gasteiger partial charge < -0.3 is 10.0 Å². The van der Waals surface area contributed by atoms with Gasteiger partial charge in [0.25, 0.3) is 0 Å². The molecule has 104 valence electrons. The Morgan fingerprint density at radius 2 is 2.00 bits per heavy atom. The van der Waals surface area contributed by atoms with Gasteiger partial charge in [0.15, 0.2) is 0 Å². The van der Waals surface area contributed by atoms with Gasteiger partial charge in [-0.1, -0.05) is 38.0 Å². The molecule has 0 spiro atoms. The van der Waals surface area contributed by atoms with Crippen LogP contribution >= 0.6 is 0 Å². The number of benzene rings is 1. The number of nitrogens with zero attached hydrogens (tertiary/aromatic N) is 1. The molecule has 0 amide bonds. The summed E-state index contributed by atoms with van der Waals surface area (Å²) in [5.74, 6) is 0.889. The molecule has 1 saturated heterocycles. The van der Waals surface area contributed by atoms with Gasteiger partial charge in [0.1, 0.15) is 0 Å². The molecule has 1 aliphatic heterocycles. The maximum absolute atomic E-state index is 10.2. The molecule has 3 unspecified atom stereocenters. The molecular weight excluding hydrogens is 234 g/mol. The molecule has 2 nitrogen and oxygen atoms in total. The quantitative estimate of drug-likeness (QED) is 0.890. The SMILES string of the molecule is CCC(O)c1ccccc1N1CCC2CCCCC21. The van der Waals surface area contributed by atoms with Crippen molar-refractivity contribution in [1.29, 1.82) is 0 Å². The monoisotopic (exact) mass is 259 g/mol. The van der Waals surface area contributed by atoms with Crippen molar-refractivity contribution in [1.82, 2.24) is 0 Å². The molecule has 1 saturated carbocycles. The molecule has 0 bridgehead atoms. The standard InChI is InChI=1S/C17H25NO/c1-2-17(19)14-8-4-6-10-16(14)18-12-11-13-7-3-5-9-15(13)18/h4,6,8,10,13,15,17,19H,2-3,5,7,9,11-12H2,1H3. The van der Waals surface area contributed by atoms with Gasteiger partial charge in [0.05, 0.1) is 6.10 Å². The summed E-state index contributed by atoms with van der Waals surface area (Å²) in [4.78, 5) is 2.58. The Bertz CT molecular complexity index is 431. The summed E-state index contributed by atoms with van der Waals surface area (Å²) in [6.07, 6.45) is 7.32. The van der Waals surface area contributed by atoms with E-state index >= 15 is 0 Å². The van der Waals surface area contributed by atoms with E-state index in [0.29, 0.717) is 0 Å². The lowest BCUT2D eigenvalue weighted by atomic mass is 9.85. The molecule has 1 heterocycles. The molecule has 1 aromatic carbocycles.